The van der Waals surface area contributed by atoms with Crippen LogP contribution in [0, 0.1) is 5.92 Å². The molecule has 0 aromatic carbocycles. The van der Waals surface area contributed by atoms with E-state index in [0.717, 1.165) is 32.1 Å². The third-order valence-electron chi connectivity index (χ3n) is 3.60. The molecule has 5 nitrogen and oxygen atoms in total. The second-order valence-corrected chi connectivity index (χ2v) is 6.82. The van der Waals surface area contributed by atoms with E-state index in [1.165, 1.54) is 0 Å². The van der Waals surface area contributed by atoms with Gasteiger partial charge in [0.2, 0.25) is 0 Å². The van der Waals surface area contributed by atoms with E-state index >= 15 is 0 Å². The normalized spacial score (nSPS) is 24.1. The van der Waals surface area contributed by atoms with E-state index in [-0.39, 0.29) is 6.04 Å². The van der Waals surface area contributed by atoms with Gasteiger partial charge in [0.15, 0.2) is 0 Å². The molecule has 6 heteroatoms. The maximum Gasteiger partial charge on any atom is 0.279 e. The van der Waals surface area contributed by atoms with Gasteiger partial charge in [-0.25, -0.2) is 0 Å². The summed E-state index contributed by atoms with van der Waals surface area (Å²) < 4.78 is 28.9. The summed E-state index contributed by atoms with van der Waals surface area (Å²) in [4.78, 5) is 0. The number of rotatable bonds is 7. The average molecular weight is 277 g/mol. The largest absolute Gasteiger partial charge is 0.330 e. The molecular weight excluding hydrogens is 250 g/mol. The molecule has 1 aliphatic rings. The van der Waals surface area contributed by atoms with Gasteiger partial charge in [-0.1, -0.05) is 20.3 Å². The molecule has 0 aliphatic carbocycles. The minimum absolute atomic E-state index is 0.0539. The Hall–Kier alpha value is -0.170. The first-order valence-corrected chi connectivity index (χ1v) is 8.44. The maximum atomic E-state index is 12.3. The number of hydrogen-bond acceptors (Lipinski definition) is 3. The predicted molar refractivity (Wildman–Crippen MR) is 74.4 cm³/mol. The lowest BCUT2D eigenvalue weighted by Gasteiger charge is -2.32. The van der Waals surface area contributed by atoms with Crippen molar-refractivity contribution in [1.29, 1.82) is 0 Å². The zero-order chi connectivity index (χ0) is 13.6. The molecule has 1 saturated heterocycles. The van der Waals surface area contributed by atoms with Crippen LogP contribution in [0.1, 0.15) is 46.0 Å². The van der Waals surface area contributed by atoms with Crippen LogP contribution in [0.2, 0.25) is 0 Å². The van der Waals surface area contributed by atoms with Crippen molar-refractivity contribution < 1.29 is 8.42 Å². The van der Waals surface area contributed by atoms with Crippen molar-refractivity contribution in [2.75, 3.05) is 19.6 Å². The molecule has 1 heterocycles. The molecular formula is C12H27N3O2S. The highest BCUT2D eigenvalue weighted by Crippen LogP contribution is 2.18. The summed E-state index contributed by atoms with van der Waals surface area (Å²) in [6.45, 7) is 5.84. The van der Waals surface area contributed by atoms with Crippen LogP contribution in [0.3, 0.4) is 0 Å². The van der Waals surface area contributed by atoms with Crippen molar-refractivity contribution in [3.05, 3.63) is 0 Å². The Bertz CT molecular complexity index is 332. The Kier molecular flexibility index (Phi) is 6.55. The van der Waals surface area contributed by atoms with E-state index in [1.807, 2.05) is 6.92 Å². The van der Waals surface area contributed by atoms with Gasteiger partial charge >= 0.3 is 0 Å². The zero-order valence-corrected chi connectivity index (χ0v) is 12.4. The number of hydrogen-bond donors (Lipinski definition) is 2. The van der Waals surface area contributed by atoms with Gasteiger partial charge in [-0.05, 0) is 38.1 Å². The molecule has 1 fully saturated rings. The number of nitrogens with zero attached hydrogens (tertiary/aromatic N) is 1. The molecule has 1 rings (SSSR count). The van der Waals surface area contributed by atoms with Gasteiger partial charge in [0, 0.05) is 19.1 Å². The van der Waals surface area contributed by atoms with E-state index in [4.69, 9.17) is 5.73 Å². The van der Waals surface area contributed by atoms with Crippen molar-refractivity contribution in [2.24, 2.45) is 11.7 Å². The molecule has 0 radical (unpaired) electrons. The van der Waals surface area contributed by atoms with Gasteiger partial charge in [-0.15, -0.1) is 0 Å². The molecule has 0 bridgehead atoms. The second kappa shape index (κ2) is 7.43. The molecule has 108 valence electrons. The third kappa shape index (κ3) is 4.50. The summed E-state index contributed by atoms with van der Waals surface area (Å²) in [7, 11) is -3.33. The topological polar surface area (TPSA) is 75.4 Å². The minimum atomic E-state index is -3.33. The van der Waals surface area contributed by atoms with Gasteiger partial charge in [-0.2, -0.15) is 17.4 Å². The highest BCUT2D eigenvalue weighted by atomic mass is 32.2. The van der Waals surface area contributed by atoms with Crippen LogP contribution in [-0.2, 0) is 10.2 Å². The lowest BCUT2D eigenvalue weighted by Crippen LogP contribution is -2.49. The van der Waals surface area contributed by atoms with Crippen molar-refractivity contribution in [2.45, 2.75) is 52.0 Å². The first-order valence-electron chi connectivity index (χ1n) is 7.00. The van der Waals surface area contributed by atoms with Gasteiger partial charge in [0.25, 0.3) is 10.2 Å². The smallest absolute Gasteiger partial charge is 0.279 e. The Morgan fingerprint density at radius 3 is 2.72 bits per heavy atom. The molecule has 0 saturated carbocycles. The molecule has 2 atom stereocenters. The van der Waals surface area contributed by atoms with Crippen molar-refractivity contribution in [3.63, 3.8) is 0 Å². The summed E-state index contributed by atoms with van der Waals surface area (Å²) in [6, 6.07) is 0.0539. The molecule has 0 aromatic heterocycles. The van der Waals surface area contributed by atoms with Gasteiger partial charge in [0.1, 0.15) is 0 Å². The van der Waals surface area contributed by atoms with Crippen LogP contribution >= 0.6 is 0 Å². The van der Waals surface area contributed by atoms with Crippen LogP contribution in [-0.4, -0.2) is 38.4 Å². The standard InChI is InChI=1S/C12H27N3O2S/c1-3-6-12(4-2)14-18(16,17)15-8-5-7-11(9-13)10-15/h11-12,14H,3-10,13H2,1-2H3. The molecule has 0 amide bonds. The van der Waals surface area contributed by atoms with Crippen LogP contribution < -0.4 is 10.5 Å². The summed E-state index contributed by atoms with van der Waals surface area (Å²) >= 11 is 0. The summed E-state index contributed by atoms with van der Waals surface area (Å²) in [6.07, 6.45) is 4.67. The van der Waals surface area contributed by atoms with Crippen molar-refractivity contribution in [1.82, 2.24) is 9.03 Å². The SMILES string of the molecule is CCCC(CC)NS(=O)(=O)N1CCCC(CN)C1. The Balaban J connectivity index is 2.61. The van der Waals surface area contributed by atoms with E-state index in [1.54, 1.807) is 4.31 Å². The van der Waals surface area contributed by atoms with Crippen molar-refractivity contribution >= 4 is 10.2 Å². The number of nitrogens with two attached hydrogens (primary N) is 1. The molecule has 1 aliphatic heterocycles. The lowest BCUT2D eigenvalue weighted by atomic mass is 10.0. The molecule has 0 spiro atoms. The summed E-state index contributed by atoms with van der Waals surface area (Å²) in [5, 5.41) is 0. The Labute approximate surface area is 111 Å². The van der Waals surface area contributed by atoms with E-state index in [2.05, 4.69) is 11.6 Å². The van der Waals surface area contributed by atoms with Crippen LogP contribution in [0.25, 0.3) is 0 Å². The number of nitrogens with one attached hydrogen (secondary N) is 1. The molecule has 3 N–H and O–H groups in total. The second-order valence-electron chi connectivity index (χ2n) is 5.12. The van der Waals surface area contributed by atoms with E-state index in [9.17, 15) is 8.42 Å². The first kappa shape index (κ1) is 15.9. The van der Waals surface area contributed by atoms with Crippen molar-refractivity contribution in [3.8, 4) is 0 Å². The van der Waals surface area contributed by atoms with Crippen LogP contribution in [0.5, 0.6) is 0 Å². The monoisotopic (exact) mass is 277 g/mol. The summed E-state index contributed by atoms with van der Waals surface area (Å²) in [5.41, 5.74) is 5.64. The summed E-state index contributed by atoms with van der Waals surface area (Å²) in [5.74, 6) is 0.307. The lowest BCUT2D eigenvalue weighted by molar-refractivity contribution is 0.266. The fourth-order valence-corrected chi connectivity index (χ4v) is 4.05. The van der Waals surface area contributed by atoms with Gasteiger partial charge < -0.3 is 5.73 Å². The quantitative estimate of drug-likeness (QED) is 0.731. The van der Waals surface area contributed by atoms with E-state index < -0.39 is 10.2 Å². The number of piperidine rings is 1. The first-order chi connectivity index (χ1) is 8.53. The molecule has 0 aromatic rings. The molecule has 2 unspecified atom stereocenters. The van der Waals surface area contributed by atoms with Gasteiger partial charge in [0.05, 0.1) is 0 Å². The van der Waals surface area contributed by atoms with Crippen LogP contribution in [0.4, 0.5) is 0 Å². The molecule has 18 heavy (non-hydrogen) atoms. The van der Waals surface area contributed by atoms with Crippen LogP contribution in [0.15, 0.2) is 0 Å². The fourth-order valence-electron chi connectivity index (χ4n) is 2.42. The highest BCUT2D eigenvalue weighted by molar-refractivity contribution is 7.87. The van der Waals surface area contributed by atoms with E-state index in [0.29, 0.717) is 25.6 Å². The predicted octanol–water partition coefficient (Wildman–Crippen LogP) is 1.07. The zero-order valence-electron chi connectivity index (χ0n) is 11.6. The fraction of sp³-hybridized carbons (Fsp3) is 1.00. The Morgan fingerprint density at radius 2 is 2.17 bits per heavy atom. The Morgan fingerprint density at radius 1 is 1.44 bits per heavy atom. The maximum absolute atomic E-state index is 12.3. The van der Waals surface area contributed by atoms with Gasteiger partial charge in [-0.3, -0.25) is 0 Å². The average Bonchev–Trinajstić information content (AvgIpc) is 2.38. The highest BCUT2D eigenvalue weighted by Gasteiger charge is 2.29. The minimum Gasteiger partial charge on any atom is -0.330 e. The third-order valence-corrected chi connectivity index (χ3v) is 5.24.